The lowest BCUT2D eigenvalue weighted by atomic mass is 10.1. The Morgan fingerprint density at radius 1 is 1.00 bits per heavy atom. The van der Waals surface area contributed by atoms with Crippen LogP contribution in [-0.4, -0.2) is 9.91 Å². The molecule has 1 heterocycles. The molecular weight excluding hydrogens is 232 g/mol. The van der Waals surface area contributed by atoms with Gasteiger partial charge in [0.2, 0.25) is 0 Å². The van der Waals surface area contributed by atoms with Gasteiger partial charge in [-0.3, -0.25) is 14.9 Å². The van der Waals surface area contributed by atoms with Gasteiger partial charge in [-0.25, -0.2) is 0 Å². The van der Waals surface area contributed by atoms with Crippen molar-refractivity contribution in [2.24, 2.45) is 0 Å². The Morgan fingerprint density at radius 3 is 2.50 bits per heavy atom. The number of hydrogen-bond acceptors (Lipinski definition) is 3. The van der Waals surface area contributed by atoms with E-state index in [4.69, 9.17) is 0 Å². The summed E-state index contributed by atoms with van der Waals surface area (Å²) in [6, 6.07) is 11.3. The molecule has 1 N–H and O–H groups in total. The minimum absolute atomic E-state index is 0.0339. The summed E-state index contributed by atoms with van der Waals surface area (Å²) in [7, 11) is 0. The fourth-order valence-electron chi connectivity index (χ4n) is 2.03. The molecule has 0 atom stereocenters. The van der Waals surface area contributed by atoms with Gasteiger partial charge in [0, 0.05) is 28.4 Å². The average Bonchev–Trinajstić information content (AvgIpc) is 2.38. The van der Waals surface area contributed by atoms with Gasteiger partial charge in [0.05, 0.1) is 10.4 Å². The first kappa shape index (κ1) is 10.5. The van der Waals surface area contributed by atoms with Crippen molar-refractivity contribution >= 4 is 27.5 Å². The number of nitrogens with one attached hydrogen (secondary N) is 1. The highest BCUT2D eigenvalue weighted by molar-refractivity contribution is 5.93. The zero-order valence-corrected chi connectivity index (χ0v) is 9.21. The number of para-hydroxylation sites is 1. The van der Waals surface area contributed by atoms with E-state index in [0.29, 0.717) is 21.8 Å². The molecule has 2 aromatic carbocycles. The summed E-state index contributed by atoms with van der Waals surface area (Å²) in [4.78, 5) is 25.4. The van der Waals surface area contributed by atoms with Gasteiger partial charge in [-0.1, -0.05) is 12.1 Å². The lowest BCUT2D eigenvalue weighted by Gasteiger charge is -2.02. The molecular formula is C13H8N2O3. The molecule has 0 saturated carbocycles. The molecule has 0 aliphatic carbocycles. The van der Waals surface area contributed by atoms with E-state index in [-0.39, 0.29) is 11.1 Å². The molecule has 0 amide bonds. The smallest absolute Gasteiger partial charge is 0.271 e. The van der Waals surface area contributed by atoms with Gasteiger partial charge in [0.15, 0.2) is 5.43 Å². The fourth-order valence-corrected chi connectivity index (χ4v) is 2.03. The van der Waals surface area contributed by atoms with Crippen molar-refractivity contribution in [1.82, 2.24) is 4.98 Å². The predicted molar refractivity (Wildman–Crippen MR) is 68.7 cm³/mol. The molecule has 5 heteroatoms. The number of H-pyrrole nitrogens is 1. The fraction of sp³-hybridized carbons (Fsp3) is 0. The SMILES string of the molecule is O=c1c2ccccc2[nH]c2cc([N+](=O)[O-])ccc12. The Balaban J connectivity index is 2.48. The summed E-state index contributed by atoms with van der Waals surface area (Å²) in [5, 5.41) is 11.7. The number of aromatic amines is 1. The Bertz CT molecular complexity index is 836. The quantitative estimate of drug-likeness (QED) is 0.403. The van der Waals surface area contributed by atoms with E-state index >= 15 is 0 Å². The van der Waals surface area contributed by atoms with Crippen molar-refractivity contribution in [3.63, 3.8) is 0 Å². The standard InChI is InChI=1S/C13H8N2O3/c16-13-9-3-1-2-4-11(9)14-12-7-8(15(17)18)5-6-10(12)13/h1-7H,(H,14,16). The van der Waals surface area contributed by atoms with Gasteiger partial charge in [-0.15, -0.1) is 0 Å². The van der Waals surface area contributed by atoms with Crippen molar-refractivity contribution < 1.29 is 4.92 Å². The molecule has 0 unspecified atom stereocenters. The first-order valence-corrected chi connectivity index (χ1v) is 5.36. The zero-order valence-electron chi connectivity index (χ0n) is 9.21. The third kappa shape index (κ3) is 1.45. The van der Waals surface area contributed by atoms with E-state index in [9.17, 15) is 14.9 Å². The zero-order chi connectivity index (χ0) is 12.7. The number of fused-ring (bicyclic) bond motifs is 2. The number of pyridine rings is 1. The summed E-state index contributed by atoms with van der Waals surface area (Å²) in [6.45, 7) is 0. The normalized spacial score (nSPS) is 10.9. The second kappa shape index (κ2) is 3.66. The molecule has 5 nitrogen and oxygen atoms in total. The summed E-state index contributed by atoms with van der Waals surface area (Å²) < 4.78 is 0. The summed E-state index contributed by atoms with van der Waals surface area (Å²) in [5.41, 5.74) is 1.01. The first-order chi connectivity index (χ1) is 8.66. The molecule has 18 heavy (non-hydrogen) atoms. The summed E-state index contributed by atoms with van der Waals surface area (Å²) >= 11 is 0. The van der Waals surface area contributed by atoms with Crippen molar-refractivity contribution in [3.8, 4) is 0 Å². The minimum atomic E-state index is -0.479. The Hall–Kier alpha value is -2.69. The Morgan fingerprint density at radius 2 is 1.72 bits per heavy atom. The highest BCUT2D eigenvalue weighted by Gasteiger charge is 2.10. The van der Waals surface area contributed by atoms with Crippen molar-refractivity contribution in [3.05, 3.63) is 62.8 Å². The Labute approximate surface area is 101 Å². The van der Waals surface area contributed by atoms with Crippen LogP contribution in [0.3, 0.4) is 0 Å². The molecule has 0 fully saturated rings. The lowest BCUT2D eigenvalue weighted by Crippen LogP contribution is -2.04. The van der Waals surface area contributed by atoms with E-state index < -0.39 is 4.92 Å². The maximum absolute atomic E-state index is 12.2. The van der Waals surface area contributed by atoms with Gasteiger partial charge < -0.3 is 4.98 Å². The highest BCUT2D eigenvalue weighted by Crippen LogP contribution is 2.19. The van der Waals surface area contributed by atoms with Gasteiger partial charge in [0.1, 0.15) is 0 Å². The number of nitrogens with zero attached hydrogens (tertiary/aromatic N) is 1. The maximum Gasteiger partial charge on any atom is 0.271 e. The molecule has 0 aliphatic rings. The van der Waals surface area contributed by atoms with Crippen molar-refractivity contribution in [1.29, 1.82) is 0 Å². The molecule has 0 bridgehead atoms. The van der Waals surface area contributed by atoms with E-state index in [1.165, 1.54) is 18.2 Å². The van der Waals surface area contributed by atoms with Crippen molar-refractivity contribution in [2.45, 2.75) is 0 Å². The number of rotatable bonds is 1. The van der Waals surface area contributed by atoms with Gasteiger partial charge in [-0.05, 0) is 18.2 Å². The van der Waals surface area contributed by atoms with Crippen LogP contribution >= 0.6 is 0 Å². The monoisotopic (exact) mass is 240 g/mol. The first-order valence-electron chi connectivity index (χ1n) is 5.36. The lowest BCUT2D eigenvalue weighted by molar-refractivity contribution is -0.384. The molecule has 0 spiro atoms. The highest BCUT2D eigenvalue weighted by atomic mass is 16.6. The number of hydrogen-bond donors (Lipinski definition) is 1. The second-order valence-electron chi connectivity index (χ2n) is 3.99. The molecule has 0 saturated heterocycles. The second-order valence-corrected chi connectivity index (χ2v) is 3.99. The van der Waals surface area contributed by atoms with Gasteiger partial charge >= 0.3 is 0 Å². The molecule has 3 rings (SSSR count). The number of benzene rings is 2. The number of nitro benzene ring substituents is 1. The van der Waals surface area contributed by atoms with E-state index in [0.717, 1.165) is 0 Å². The van der Waals surface area contributed by atoms with Crippen LogP contribution in [-0.2, 0) is 0 Å². The van der Waals surface area contributed by atoms with E-state index in [2.05, 4.69) is 4.98 Å². The molecule has 3 aromatic rings. The van der Waals surface area contributed by atoms with Crippen LogP contribution in [0.4, 0.5) is 5.69 Å². The summed E-state index contributed by atoms with van der Waals surface area (Å²) in [6.07, 6.45) is 0. The van der Waals surface area contributed by atoms with Crippen LogP contribution in [0.25, 0.3) is 21.8 Å². The van der Waals surface area contributed by atoms with Crippen LogP contribution in [0.1, 0.15) is 0 Å². The van der Waals surface area contributed by atoms with Crippen LogP contribution in [0.2, 0.25) is 0 Å². The molecule has 0 radical (unpaired) electrons. The molecule has 1 aromatic heterocycles. The predicted octanol–water partition coefficient (Wildman–Crippen LogP) is 2.59. The van der Waals surface area contributed by atoms with Crippen molar-refractivity contribution in [2.75, 3.05) is 0 Å². The van der Waals surface area contributed by atoms with Crippen LogP contribution in [0.15, 0.2) is 47.3 Å². The number of nitro groups is 1. The third-order valence-corrected chi connectivity index (χ3v) is 2.90. The topological polar surface area (TPSA) is 76.0 Å². The van der Waals surface area contributed by atoms with Gasteiger partial charge in [-0.2, -0.15) is 0 Å². The van der Waals surface area contributed by atoms with Crippen LogP contribution in [0, 0.1) is 10.1 Å². The Kier molecular flexibility index (Phi) is 2.13. The van der Waals surface area contributed by atoms with Crippen LogP contribution in [0.5, 0.6) is 0 Å². The maximum atomic E-state index is 12.2. The number of aromatic nitrogens is 1. The van der Waals surface area contributed by atoms with Crippen LogP contribution < -0.4 is 5.43 Å². The summed E-state index contributed by atoms with van der Waals surface area (Å²) in [5.74, 6) is 0. The number of non-ortho nitro benzene ring substituents is 1. The largest absolute Gasteiger partial charge is 0.354 e. The minimum Gasteiger partial charge on any atom is -0.354 e. The third-order valence-electron chi connectivity index (χ3n) is 2.90. The molecule has 0 aliphatic heterocycles. The molecule has 88 valence electrons. The van der Waals surface area contributed by atoms with Gasteiger partial charge in [0.25, 0.3) is 5.69 Å². The van der Waals surface area contributed by atoms with E-state index in [1.54, 1.807) is 18.2 Å². The average molecular weight is 240 g/mol. The van der Waals surface area contributed by atoms with E-state index in [1.807, 2.05) is 6.07 Å².